The minimum atomic E-state index is -1.16. The van der Waals surface area contributed by atoms with E-state index in [2.05, 4.69) is 10.4 Å². The van der Waals surface area contributed by atoms with Gasteiger partial charge in [-0.3, -0.25) is 29.3 Å². The highest BCUT2D eigenvalue weighted by Crippen LogP contribution is 2.40. The number of aliphatic carboxylic acids is 1. The summed E-state index contributed by atoms with van der Waals surface area (Å²) in [6, 6.07) is -0.780. The zero-order chi connectivity index (χ0) is 19.9. The third-order valence-electron chi connectivity index (χ3n) is 4.50. The minimum Gasteiger partial charge on any atom is -0.477 e. The SMILES string of the molecule is CC1=C(C(=O)O)N2C(=O)[C@@H](NC(=O)CCn3ncc([N+](=O)[O-])c3C)[C@@H]2SC1. The molecule has 0 unspecified atom stereocenters. The molecule has 1 aromatic rings. The molecule has 3 heterocycles. The average molecular weight is 395 g/mol. The number of carbonyl (C=O) groups is 3. The Hall–Kier alpha value is -2.89. The van der Waals surface area contributed by atoms with E-state index in [0.717, 1.165) is 6.20 Å². The van der Waals surface area contributed by atoms with E-state index < -0.39 is 34.1 Å². The number of aromatic nitrogens is 2. The molecule has 2 N–H and O–H groups in total. The third kappa shape index (κ3) is 3.27. The molecule has 27 heavy (non-hydrogen) atoms. The van der Waals surface area contributed by atoms with Crippen LogP contribution < -0.4 is 5.32 Å². The lowest BCUT2D eigenvalue weighted by atomic mass is 10.0. The maximum absolute atomic E-state index is 12.3. The number of hydrogen-bond donors (Lipinski definition) is 2. The van der Waals surface area contributed by atoms with E-state index in [1.54, 1.807) is 6.92 Å². The number of hydrogen-bond acceptors (Lipinski definition) is 7. The first kappa shape index (κ1) is 18.9. The lowest BCUT2D eigenvalue weighted by Crippen LogP contribution is -2.70. The number of thioether (sulfide) groups is 1. The van der Waals surface area contributed by atoms with E-state index in [1.165, 1.54) is 28.3 Å². The number of carboxylic acid groups (broad SMARTS) is 1. The van der Waals surface area contributed by atoms with Crippen LogP contribution in [0.4, 0.5) is 5.69 Å². The van der Waals surface area contributed by atoms with Gasteiger partial charge in [-0.2, -0.15) is 5.10 Å². The quantitative estimate of drug-likeness (QED) is 0.396. The van der Waals surface area contributed by atoms with E-state index >= 15 is 0 Å². The molecule has 2 aliphatic heterocycles. The molecule has 11 nitrogen and oxygen atoms in total. The Morgan fingerprint density at radius 1 is 1.48 bits per heavy atom. The van der Waals surface area contributed by atoms with Gasteiger partial charge in [-0.15, -0.1) is 11.8 Å². The molecule has 144 valence electrons. The van der Waals surface area contributed by atoms with E-state index in [1.807, 2.05) is 0 Å². The van der Waals surface area contributed by atoms with Crippen LogP contribution in [-0.2, 0) is 20.9 Å². The lowest BCUT2D eigenvalue weighted by Gasteiger charge is -2.49. The van der Waals surface area contributed by atoms with Gasteiger partial charge < -0.3 is 10.4 Å². The standard InChI is InChI=1S/C15H17N5O6S/c1-7-6-27-14-11(13(22)19(14)12(7)15(23)24)17-10(21)3-4-18-8(2)9(5-16-18)20(25)26/h5,11,14H,3-4,6H2,1-2H3,(H,17,21)(H,23,24)/t11-,14+/m1/s1. The smallest absolute Gasteiger partial charge is 0.352 e. The summed E-state index contributed by atoms with van der Waals surface area (Å²) in [5.41, 5.74) is 0.807. The Morgan fingerprint density at radius 2 is 2.19 bits per heavy atom. The summed E-state index contributed by atoms with van der Waals surface area (Å²) in [7, 11) is 0. The minimum absolute atomic E-state index is 0.0124. The fraction of sp³-hybridized carbons (Fsp3) is 0.467. The normalized spacial score (nSPS) is 21.6. The Bertz CT molecular complexity index is 878. The number of β-lactam (4-membered cyclic amide) rings is 1. The van der Waals surface area contributed by atoms with Gasteiger partial charge in [0.15, 0.2) is 0 Å². The molecule has 0 saturated carbocycles. The van der Waals surface area contributed by atoms with Crippen LogP contribution in [0.3, 0.4) is 0 Å². The monoisotopic (exact) mass is 395 g/mol. The second-order valence-electron chi connectivity index (χ2n) is 6.23. The van der Waals surface area contributed by atoms with Crippen molar-refractivity contribution in [2.24, 2.45) is 0 Å². The zero-order valence-electron chi connectivity index (χ0n) is 14.5. The molecular formula is C15H17N5O6S. The predicted molar refractivity (Wildman–Crippen MR) is 93.6 cm³/mol. The number of carboxylic acids is 1. The van der Waals surface area contributed by atoms with E-state index in [9.17, 15) is 29.6 Å². The van der Waals surface area contributed by atoms with Crippen LogP contribution in [-0.4, -0.2) is 59.7 Å². The fourth-order valence-electron chi connectivity index (χ4n) is 3.07. The van der Waals surface area contributed by atoms with Crippen molar-refractivity contribution in [3.8, 4) is 0 Å². The first-order valence-corrected chi connectivity index (χ1v) is 9.11. The van der Waals surface area contributed by atoms with Crippen molar-refractivity contribution in [2.75, 3.05) is 5.75 Å². The van der Waals surface area contributed by atoms with Crippen LogP contribution in [0.15, 0.2) is 17.5 Å². The number of nitro groups is 1. The number of carbonyl (C=O) groups excluding carboxylic acids is 2. The van der Waals surface area contributed by atoms with Crippen LogP contribution in [0.5, 0.6) is 0 Å². The van der Waals surface area contributed by atoms with Gasteiger partial charge in [-0.05, 0) is 19.4 Å². The first-order chi connectivity index (χ1) is 12.7. The first-order valence-electron chi connectivity index (χ1n) is 8.06. The van der Waals surface area contributed by atoms with Crippen molar-refractivity contribution in [1.29, 1.82) is 0 Å². The molecule has 2 aliphatic rings. The van der Waals surface area contributed by atoms with Crippen molar-refractivity contribution in [3.63, 3.8) is 0 Å². The number of nitrogens with zero attached hydrogens (tertiary/aromatic N) is 4. The lowest BCUT2D eigenvalue weighted by molar-refractivity contribution is -0.385. The third-order valence-corrected chi connectivity index (χ3v) is 5.93. The van der Waals surface area contributed by atoms with Gasteiger partial charge in [0.05, 0.1) is 11.5 Å². The Balaban J connectivity index is 1.59. The van der Waals surface area contributed by atoms with Crippen molar-refractivity contribution < 1.29 is 24.4 Å². The van der Waals surface area contributed by atoms with Crippen LogP contribution >= 0.6 is 11.8 Å². The van der Waals surface area contributed by atoms with Crippen molar-refractivity contribution in [1.82, 2.24) is 20.0 Å². The van der Waals surface area contributed by atoms with Gasteiger partial charge >= 0.3 is 11.7 Å². The zero-order valence-corrected chi connectivity index (χ0v) is 15.4. The number of nitrogens with one attached hydrogen (secondary N) is 1. The molecule has 3 rings (SSSR count). The molecule has 0 aromatic carbocycles. The number of rotatable bonds is 6. The second-order valence-corrected chi connectivity index (χ2v) is 7.34. The molecule has 0 bridgehead atoms. The molecule has 1 aromatic heterocycles. The molecule has 2 amide bonds. The topological polar surface area (TPSA) is 148 Å². The Kier molecular flexibility index (Phi) is 4.91. The molecule has 2 atom stereocenters. The summed E-state index contributed by atoms with van der Waals surface area (Å²) in [4.78, 5) is 47.3. The predicted octanol–water partition coefficient (Wildman–Crippen LogP) is 0.248. The molecular weight excluding hydrogens is 378 g/mol. The van der Waals surface area contributed by atoms with Gasteiger partial charge in [0.2, 0.25) is 5.91 Å². The Morgan fingerprint density at radius 3 is 2.78 bits per heavy atom. The van der Waals surface area contributed by atoms with E-state index in [4.69, 9.17) is 0 Å². The number of fused-ring (bicyclic) bond motifs is 1. The van der Waals surface area contributed by atoms with Gasteiger partial charge in [0.1, 0.15) is 29.0 Å². The molecule has 1 fully saturated rings. The molecule has 0 spiro atoms. The van der Waals surface area contributed by atoms with Crippen molar-refractivity contribution in [2.45, 2.75) is 38.2 Å². The Labute approximate surface area is 157 Å². The summed E-state index contributed by atoms with van der Waals surface area (Å²) in [6.07, 6.45) is 1.11. The van der Waals surface area contributed by atoms with Crippen LogP contribution in [0.25, 0.3) is 0 Å². The molecule has 12 heteroatoms. The number of aryl methyl sites for hydroxylation is 1. The highest BCUT2D eigenvalue weighted by atomic mass is 32.2. The van der Waals surface area contributed by atoms with Crippen LogP contribution in [0, 0.1) is 17.0 Å². The maximum Gasteiger partial charge on any atom is 0.352 e. The molecule has 1 saturated heterocycles. The van der Waals surface area contributed by atoms with Crippen LogP contribution in [0.2, 0.25) is 0 Å². The highest BCUT2D eigenvalue weighted by molar-refractivity contribution is 8.00. The second kappa shape index (κ2) is 7.02. The van der Waals surface area contributed by atoms with E-state index in [0.29, 0.717) is 17.0 Å². The summed E-state index contributed by atoms with van der Waals surface area (Å²) < 4.78 is 1.36. The van der Waals surface area contributed by atoms with Gasteiger partial charge in [-0.1, -0.05) is 0 Å². The highest BCUT2D eigenvalue weighted by Gasteiger charge is 2.53. The summed E-state index contributed by atoms with van der Waals surface area (Å²) >= 11 is 1.40. The van der Waals surface area contributed by atoms with Gasteiger partial charge in [-0.25, -0.2) is 4.79 Å². The summed E-state index contributed by atoms with van der Waals surface area (Å²) in [5, 5.41) is 26.2. The van der Waals surface area contributed by atoms with Crippen molar-refractivity contribution >= 4 is 35.2 Å². The molecule has 0 radical (unpaired) electrons. The average Bonchev–Trinajstić information content (AvgIpc) is 2.98. The van der Waals surface area contributed by atoms with Crippen LogP contribution in [0.1, 0.15) is 19.0 Å². The summed E-state index contributed by atoms with van der Waals surface area (Å²) in [5.74, 6) is -1.55. The largest absolute Gasteiger partial charge is 0.477 e. The molecule has 0 aliphatic carbocycles. The van der Waals surface area contributed by atoms with E-state index in [-0.39, 0.29) is 24.4 Å². The maximum atomic E-state index is 12.3. The fourth-order valence-corrected chi connectivity index (χ4v) is 4.36. The summed E-state index contributed by atoms with van der Waals surface area (Å²) in [6.45, 7) is 3.34. The van der Waals surface area contributed by atoms with Gasteiger partial charge in [0.25, 0.3) is 5.91 Å². The van der Waals surface area contributed by atoms with Crippen molar-refractivity contribution in [3.05, 3.63) is 33.3 Å². The number of amides is 2. The van der Waals surface area contributed by atoms with Gasteiger partial charge in [0, 0.05) is 12.2 Å².